The van der Waals surface area contributed by atoms with Gasteiger partial charge in [0, 0.05) is 36.4 Å². The Morgan fingerprint density at radius 2 is 1.80 bits per heavy atom. The number of amides is 1. The van der Waals surface area contributed by atoms with Gasteiger partial charge in [0.15, 0.2) is 5.69 Å². The van der Waals surface area contributed by atoms with Crippen LogP contribution in [0.25, 0.3) is 0 Å². The fourth-order valence-electron chi connectivity index (χ4n) is 4.26. The van der Waals surface area contributed by atoms with E-state index in [0.717, 1.165) is 47.7 Å². The maximum Gasteiger partial charge on any atom is 0.275 e. The molecule has 0 unspecified atom stereocenters. The molecule has 1 aliphatic carbocycles. The molecular weight excluding hydrogens is 460 g/mol. The van der Waals surface area contributed by atoms with Crippen LogP contribution in [0, 0.1) is 13.8 Å². The van der Waals surface area contributed by atoms with Crippen molar-refractivity contribution in [2.45, 2.75) is 62.9 Å². The Morgan fingerprint density at radius 1 is 1.14 bits per heavy atom. The van der Waals surface area contributed by atoms with Gasteiger partial charge in [-0.2, -0.15) is 0 Å². The number of nitrogens with zero attached hydrogens (tertiary/aromatic N) is 3. The maximum absolute atomic E-state index is 12.6. The summed E-state index contributed by atoms with van der Waals surface area (Å²) in [5.41, 5.74) is 4.05. The van der Waals surface area contributed by atoms with E-state index in [9.17, 15) is 4.79 Å². The molecule has 5 rings (SSSR count). The summed E-state index contributed by atoms with van der Waals surface area (Å²) in [6.45, 7) is 6.17. The number of aromatic nitrogens is 2. The fraction of sp³-hybridized carbons (Fsp3) is 0.444. The first-order valence-corrected chi connectivity index (χ1v) is 12.6. The minimum atomic E-state index is -0.0235. The molecule has 0 spiro atoms. The Bertz CT molecular complexity index is 1100. The van der Waals surface area contributed by atoms with Gasteiger partial charge in [-0.1, -0.05) is 0 Å². The molecule has 2 fully saturated rings. The number of carbonyl (C=O) groups is 1. The smallest absolute Gasteiger partial charge is 0.275 e. The monoisotopic (exact) mass is 494 g/mol. The third-order valence-electron chi connectivity index (χ3n) is 6.55. The molecular formula is C27H34N4O3S. The molecule has 2 aromatic heterocycles. The zero-order valence-electron chi connectivity index (χ0n) is 20.7. The number of pyridine rings is 1. The van der Waals surface area contributed by atoms with Gasteiger partial charge < -0.3 is 19.4 Å². The van der Waals surface area contributed by atoms with Gasteiger partial charge in [0.05, 0.1) is 13.7 Å². The van der Waals surface area contributed by atoms with Crippen molar-refractivity contribution in [1.29, 1.82) is 0 Å². The molecule has 7 nitrogen and oxygen atoms in total. The normalized spacial score (nSPS) is 15.9. The lowest BCUT2D eigenvalue weighted by Gasteiger charge is -2.31. The first-order valence-electron chi connectivity index (χ1n) is 12.2. The number of piperidine rings is 1. The van der Waals surface area contributed by atoms with Crippen molar-refractivity contribution in [3.63, 3.8) is 0 Å². The van der Waals surface area contributed by atoms with Crippen LogP contribution in [0.1, 0.15) is 64.7 Å². The molecule has 0 radical (unpaired) electrons. The third-order valence-corrected chi connectivity index (χ3v) is 7.26. The first-order chi connectivity index (χ1) is 16.9. The number of rotatable bonds is 6. The topological polar surface area (TPSA) is 80.5 Å². The Kier molecular flexibility index (Phi) is 8.46. The number of likely N-dealkylation sites (tertiary alicyclic amines) is 1. The van der Waals surface area contributed by atoms with E-state index in [1.54, 1.807) is 7.11 Å². The molecule has 1 saturated carbocycles. The Hall–Kier alpha value is -2.84. The average Bonchev–Trinajstić information content (AvgIpc) is 3.61. The Balaban J connectivity index is 0.000000221. The van der Waals surface area contributed by atoms with Gasteiger partial charge in [0.1, 0.15) is 12.0 Å². The molecule has 8 heteroatoms. The number of oxazole rings is 1. The molecule has 1 N–H and O–H groups in total. The van der Waals surface area contributed by atoms with Crippen molar-refractivity contribution in [3.05, 3.63) is 71.2 Å². The van der Waals surface area contributed by atoms with Crippen molar-refractivity contribution >= 4 is 18.5 Å². The Morgan fingerprint density at radius 3 is 2.40 bits per heavy atom. The molecule has 186 valence electrons. The van der Waals surface area contributed by atoms with Crippen molar-refractivity contribution in [3.8, 4) is 5.75 Å². The van der Waals surface area contributed by atoms with Gasteiger partial charge in [-0.05, 0) is 86.4 Å². The van der Waals surface area contributed by atoms with Crippen LogP contribution >= 0.6 is 12.6 Å². The molecule has 1 amide bonds. The number of thiol groups is 1. The highest BCUT2D eigenvalue weighted by molar-refractivity contribution is 7.80. The van der Waals surface area contributed by atoms with Crippen molar-refractivity contribution in [1.82, 2.24) is 20.2 Å². The van der Waals surface area contributed by atoms with E-state index in [0.29, 0.717) is 30.1 Å². The summed E-state index contributed by atoms with van der Waals surface area (Å²) in [5, 5.41) is 3.34. The van der Waals surface area contributed by atoms with E-state index in [-0.39, 0.29) is 5.91 Å². The molecule has 1 aliphatic heterocycles. The minimum Gasteiger partial charge on any atom is -0.497 e. The van der Waals surface area contributed by atoms with Crippen LogP contribution in [0.15, 0.2) is 52.2 Å². The van der Waals surface area contributed by atoms with Gasteiger partial charge in [-0.25, -0.2) is 4.98 Å². The van der Waals surface area contributed by atoms with E-state index in [1.165, 1.54) is 24.7 Å². The van der Waals surface area contributed by atoms with Gasteiger partial charge in [0.25, 0.3) is 5.91 Å². The summed E-state index contributed by atoms with van der Waals surface area (Å²) in [6.07, 6.45) is 9.55. The number of ether oxygens (including phenoxy) is 1. The molecule has 1 saturated heterocycles. The summed E-state index contributed by atoms with van der Waals surface area (Å²) < 4.78 is 10.5. The van der Waals surface area contributed by atoms with Gasteiger partial charge in [0.2, 0.25) is 5.89 Å². The highest BCUT2D eigenvalue weighted by Gasteiger charge is 2.27. The van der Waals surface area contributed by atoms with Gasteiger partial charge >= 0.3 is 0 Å². The number of nitrogens with one attached hydrogen (secondary N) is 1. The Labute approximate surface area is 212 Å². The van der Waals surface area contributed by atoms with Gasteiger partial charge in [-0.15, -0.1) is 12.6 Å². The fourth-order valence-corrected chi connectivity index (χ4v) is 4.39. The van der Waals surface area contributed by atoms with Crippen molar-refractivity contribution in [2.24, 2.45) is 0 Å². The number of benzene rings is 1. The predicted octanol–water partition coefficient (Wildman–Crippen LogP) is 4.94. The summed E-state index contributed by atoms with van der Waals surface area (Å²) in [6, 6.07) is 8.70. The van der Waals surface area contributed by atoms with Crippen LogP contribution in [-0.4, -0.2) is 47.0 Å². The molecule has 1 aromatic carbocycles. The number of hydrogen-bond acceptors (Lipinski definition) is 7. The number of hydrogen-bond donors (Lipinski definition) is 2. The lowest BCUT2D eigenvalue weighted by molar-refractivity contribution is 0.0707. The number of aryl methyl sites for hydroxylation is 2. The van der Waals surface area contributed by atoms with Crippen LogP contribution in [0.3, 0.4) is 0 Å². The number of methoxy groups -OCH3 is 1. The lowest BCUT2D eigenvalue weighted by Crippen LogP contribution is -2.38. The number of carbonyl (C=O) groups excluding carboxylic acids is 1. The molecule has 35 heavy (non-hydrogen) atoms. The van der Waals surface area contributed by atoms with E-state index < -0.39 is 0 Å². The lowest BCUT2D eigenvalue weighted by atomic mass is 9.90. The predicted molar refractivity (Wildman–Crippen MR) is 138 cm³/mol. The second-order valence-corrected chi connectivity index (χ2v) is 9.69. The quantitative estimate of drug-likeness (QED) is 0.473. The van der Waals surface area contributed by atoms with E-state index in [4.69, 9.17) is 9.15 Å². The van der Waals surface area contributed by atoms with Crippen molar-refractivity contribution in [2.75, 3.05) is 20.2 Å². The van der Waals surface area contributed by atoms with Crippen LogP contribution in [0.5, 0.6) is 5.75 Å². The van der Waals surface area contributed by atoms with Crippen LogP contribution in [0.4, 0.5) is 0 Å². The SMILES string of the molecule is COc1cc(C)c(S)c(C)c1.O=C(c1coc(CNC2CC2)n1)N1CCC(c2ccncc2)CC1. The summed E-state index contributed by atoms with van der Waals surface area (Å²) in [5.74, 6) is 1.98. The largest absolute Gasteiger partial charge is 0.497 e. The molecule has 0 bridgehead atoms. The van der Waals surface area contributed by atoms with E-state index in [1.807, 2.05) is 43.3 Å². The first kappa shape index (κ1) is 25.3. The molecule has 3 aromatic rings. The summed E-state index contributed by atoms with van der Waals surface area (Å²) >= 11 is 4.34. The average molecular weight is 495 g/mol. The van der Waals surface area contributed by atoms with Crippen molar-refractivity contribution < 1.29 is 13.9 Å². The molecule has 3 heterocycles. The second kappa shape index (κ2) is 11.7. The maximum atomic E-state index is 12.6. The highest BCUT2D eigenvalue weighted by atomic mass is 32.1. The van der Waals surface area contributed by atoms with Gasteiger partial charge in [-0.3, -0.25) is 9.78 Å². The van der Waals surface area contributed by atoms with E-state index in [2.05, 4.69) is 40.0 Å². The third kappa shape index (κ3) is 6.86. The van der Waals surface area contributed by atoms with Crippen LogP contribution < -0.4 is 10.1 Å². The second-order valence-electron chi connectivity index (χ2n) is 9.24. The molecule has 0 atom stereocenters. The zero-order valence-corrected chi connectivity index (χ0v) is 21.6. The standard InChI is InChI=1S/C18H22N4O2.C9H12OS/c23-18(16-12-24-17(21-16)11-20-15-1-2-15)22-9-5-14(6-10-22)13-3-7-19-8-4-13;1-6-4-8(10-3)5-7(2)9(6)11/h3-4,7-8,12,14-15,20H,1-2,5-6,9-11H2;4-5,11H,1-3H3. The van der Waals surface area contributed by atoms with E-state index >= 15 is 0 Å². The highest BCUT2D eigenvalue weighted by Crippen LogP contribution is 2.28. The summed E-state index contributed by atoms with van der Waals surface area (Å²) in [4.78, 5) is 23.9. The minimum absolute atomic E-state index is 0.0235. The summed E-state index contributed by atoms with van der Waals surface area (Å²) in [7, 11) is 1.67. The zero-order chi connectivity index (χ0) is 24.8. The molecule has 2 aliphatic rings. The van der Waals surface area contributed by atoms with Crippen LogP contribution in [-0.2, 0) is 6.54 Å². The van der Waals surface area contributed by atoms with Crippen LogP contribution in [0.2, 0.25) is 0 Å².